The number of carbonyl (C=O) groups is 1. The van der Waals surface area contributed by atoms with Crippen LogP contribution in [-0.2, 0) is 17.6 Å². The van der Waals surface area contributed by atoms with Crippen LogP contribution in [0.25, 0.3) is 12.2 Å². The van der Waals surface area contributed by atoms with Crippen LogP contribution in [0.1, 0.15) is 48.6 Å². The van der Waals surface area contributed by atoms with Crippen molar-refractivity contribution in [2.24, 2.45) is 0 Å². The van der Waals surface area contributed by atoms with E-state index in [0.717, 1.165) is 12.8 Å². The molecule has 1 aliphatic carbocycles. The minimum atomic E-state index is -0.469. The van der Waals surface area contributed by atoms with Crippen LogP contribution in [0.5, 0.6) is 0 Å². The fraction of sp³-hybridized carbons (Fsp3) is 0.348. The lowest BCUT2D eigenvalue weighted by Crippen LogP contribution is -2.39. The highest BCUT2D eigenvalue weighted by Gasteiger charge is 2.25. The predicted octanol–water partition coefficient (Wildman–Crippen LogP) is 5.16. The molecule has 1 unspecified atom stereocenters. The highest BCUT2D eigenvalue weighted by Crippen LogP contribution is 2.24. The van der Waals surface area contributed by atoms with Crippen molar-refractivity contribution in [3.63, 3.8) is 0 Å². The quantitative estimate of drug-likeness (QED) is 0.778. The molecule has 3 rings (SSSR count). The van der Waals surface area contributed by atoms with Gasteiger partial charge in [0.2, 0.25) is 0 Å². The molecule has 136 valence electrons. The van der Waals surface area contributed by atoms with Gasteiger partial charge >= 0.3 is 6.09 Å². The van der Waals surface area contributed by atoms with Crippen LogP contribution in [0.4, 0.5) is 4.79 Å². The number of nitrogens with one attached hydrogen (secondary N) is 1. The minimum Gasteiger partial charge on any atom is -0.444 e. The number of hydrogen-bond donors (Lipinski definition) is 1. The van der Waals surface area contributed by atoms with Crippen molar-refractivity contribution < 1.29 is 9.53 Å². The molecule has 1 N–H and O–H groups in total. The van der Waals surface area contributed by atoms with Crippen LogP contribution in [0, 0.1) is 6.92 Å². The first-order valence-corrected chi connectivity index (χ1v) is 9.14. The molecule has 26 heavy (non-hydrogen) atoms. The number of fused-ring (bicyclic) bond motifs is 1. The summed E-state index contributed by atoms with van der Waals surface area (Å²) in [6, 6.07) is 15.1. The second-order valence-corrected chi connectivity index (χ2v) is 8.02. The lowest BCUT2D eigenvalue weighted by Gasteiger charge is -2.21. The summed E-state index contributed by atoms with van der Waals surface area (Å²) in [6.07, 6.45) is 5.64. The van der Waals surface area contributed by atoms with Gasteiger partial charge in [-0.3, -0.25) is 0 Å². The fourth-order valence-corrected chi connectivity index (χ4v) is 3.19. The van der Waals surface area contributed by atoms with Gasteiger partial charge in [-0.25, -0.2) is 4.79 Å². The van der Waals surface area contributed by atoms with Crippen molar-refractivity contribution in [1.29, 1.82) is 0 Å². The van der Waals surface area contributed by atoms with Crippen LogP contribution in [-0.4, -0.2) is 17.7 Å². The molecule has 0 saturated carbocycles. The maximum Gasteiger partial charge on any atom is 0.407 e. The van der Waals surface area contributed by atoms with Crippen LogP contribution in [0.3, 0.4) is 0 Å². The van der Waals surface area contributed by atoms with Gasteiger partial charge in [0.15, 0.2) is 0 Å². The van der Waals surface area contributed by atoms with Gasteiger partial charge in [-0.05, 0) is 62.8 Å². The van der Waals surface area contributed by atoms with E-state index in [0.29, 0.717) is 0 Å². The molecule has 0 saturated heterocycles. The molecular weight excluding hydrogens is 322 g/mol. The molecule has 0 fully saturated rings. The Labute approximate surface area is 156 Å². The number of hydrogen-bond acceptors (Lipinski definition) is 2. The molecule has 0 heterocycles. The van der Waals surface area contributed by atoms with Gasteiger partial charge in [-0.15, -0.1) is 0 Å². The molecule has 2 aromatic carbocycles. The summed E-state index contributed by atoms with van der Waals surface area (Å²) in [4.78, 5) is 12.0. The Morgan fingerprint density at radius 2 is 1.62 bits per heavy atom. The van der Waals surface area contributed by atoms with Gasteiger partial charge in [0.05, 0.1) is 0 Å². The third-order valence-electron chi connectivity index (χ3n) is 4.43. The smallest absolute Gasteiger partial charge is 0.407 e. The van der Waals surface area contributed by atoms with Crippen molar-refractivity contribution in [3.05, 3.63) is 70.3 Å². The monoisotopic (exact) mass is 349 g/mol. The number of alkyl carbamates (subject to hydrolysis) is 1. The normalized spacial score (nSPS) is 16.5. The van der Waals surface area contributed by atoms with Gasteiger partial charge in [-0.1, -0.05) is 60.2 Å². The predicted molar refractivity (Wildman–Crippen MR) is 107 cm³/mol. The van der Waals surface area contributed by atoms with E-state index in [9.17, 15) is 4.79 Å². The summed E-state index contributed by atoms with van der Waals surface area (Å²) in [5.74, 6) is 0. The average Bonchev–Trinajstić information content (AvgIpc) is 2.93. The Morgan fingerprint density at radius 3 is 2.31 bits per heavy atom. The fourth-order valence-electron chi connectivity index (χ4n) is 3.19. The number of carbonyl (C=O) groups excluding carboxylic acids is 1. The zero-order chi connectivity index (χ0) is 18.7. The van der Waals surface area contributed by atoms with Crippen molar-refractivity contribution >= 4 is 18.2 Å². The number of aryl methyl sites for hydroxylation is 1. The van der Waals surface area contributed by atoms with Gasteiger partial charge < -0.3 is 10.1 Å². The largest absolute Gasteiger partial charge is 0.444 e. The summed E-state index contributed by atoms with van der Waals surface area (Å²) < 4.78 is 5.36. The van der Waals surface area contributed by atoms with Crippen molar-refractivity contribution in [2.45, 2.75) is 52.2 Å². The molecule has 3 heteroatoms. The summed E-state index contributed by atoms with van der Waals surface area (Å²) in [5, 5.41) is 2.99. The Balaban J connectivity index is 1.63. The van der Waals surface area contributed by atoms with Crippen LogP contribution in [0.15, 0.2) is 42.5 Å². The maximum absolute atomic E-state index is 12.0. The van der Waals surface area contributed by atoms with E-state index in [1.54, 1.807) is 0 Å². The first kappa shape index (κ1) is 18.2. The van der Waals surface area contributed by atoms with E-state index >= 15 is 0 Å². The molecule has 1 amide bonds. The SMILES string of the molecule is Cc1ccc(C=Cc2ccc3c(c2)CC(NC(=O)OC(C)(C)C)C3)cc1. The lowest BCUT2D eigenvalue weighted by molar-refractivity contribution is 0.0506. The minimum absolute atomic E-state index is 0.108. The van der Waals surface area contributed by atoms with Crippen LogP contribution >= 0.6 is 0 Å². The third kappa shape index (κ3) is 4.98. The molecule has 1 aliphatic rings. The number of amides is 1. The van der Waals surface area contributed by atoms with Gasteiger partial charge in [0.25, 0.3) is 0 Å². The van der Waals surface area contributed by atoms with Crippen molar-refractivity contribution in [3.8, 4) is 0 Å². The van der Waals surface area contributed by atoms with E-state index in [1.807, 2.05) is 20.8 Å². The van der Waals surface area contributed by atoms with Crippen molar-refractivity contribution in [2.75, 3.05) is 0 Å². The molecule has 0 bridgehead atoms. The third-order valence-corrected chi connectivity index (χ3v) is 4.43. The van der Waals surface area contributed by atoms with Gasteiger partial charge in [0.1, 0.15) is 5.60 Å². The van der Waals surface area contributed by atoms with E-state index in [1.165, 1.54) is 27.8 Å². The Hall–Kier alpha value is -2.55. The first-order valence-electron chi connectivity index (χ1n) is 9.14. The van der Waals surface area contributed by atoms with Crippen LogP contribution in [0.2, 0.25) is 0 Å². The van der Waals surface area contributed by atoms with E-state index in [4.69, 9.17) is 4.74 Å². The number of rotatable bonds is 3. The molecule has 0 aliphatic heterocycles. The molecule has 1 atom stereocenters. The second-order valence-electron chi connectivity index (χ2n) is 8.02. The molecule has 0 spiro atoms. The molecule has 2 aromatic rings. The lowest BCUT2D eigenvalue weighted by atomic mass is 10.1. The summed E-state index contributed by atoms with van der Waals surface area (Å²) in [7, 11) is 0. The molecular formula is C23H27NO2. The molecule has 3 nitrogen and oxygen atoms in total. The Kier molecular flexibility index (Phi) is 5.17. The van der Waals surface area contributed by atoms with E-state index in [2.05, 4.69) is 66.9 Å². The highest BCUT2D eigenvalue weighted by atomic mass is 16.6. The number of ether oxygens (including phenoxy) is 1. The topological polar surface area (TPSA) is 38.3 Å². The molecule has 0 radical (unpaired) electrons. The van der Waals surface area contributed by atoms with Crippen molar-refractivity contribution in [1.82, 2.24) is 5.32 Å². The number of benzene rings is 2. The highest BCUT2D eigenvalue weighted by molar-refractivity contribution is 5.71. The van der Waals surface area contributed by atoms with Crippen LogP contribution < -0.4 is 5.32 Å². The average molecular weight is 349 g/mol. The summed E-state index contributed by atoms with van der Waals surface area (Å²) in [5.41, 5.74) is 5.78. The van der Waals surface area contributed by atoms with Gasteiger partial charge in [-0.2, -0.15) is 0 Å². The van der Waals surface area contributed by atoms with E-state index in [-0.39, 0.29) is 12.1 Å². The summed E-state index contributed by atoms with van der Waals surface area (Å²) >= 11 is 0. The summed E-state index contributed by atoms with van der Waals surface area (Å²) in [6.45, 7) is 7.73. The zero-order valence-electron chi connectivity index (χ0n) is 16.0. The Bertz CT molecular complexity index is 813. The first-order chi connectivity index (χ1) is 12.3. The van der Waals surface area contributed by atoms with E-state index < -0.39 is 5.60 Å². The zero-order valence-corrected chi connectivity index (χ0v) is 16.0. The molecule has 0 aromatic heterocycles. The Morgan fingerprint density at radius 1 is 1.00 bits per heavy atom. The second kappa shape index (κ2) is 7.36. The maximum atomic E-state index is 12.0. The standard InChI is InChI=1S/C23H27NO2/c1-16-5-7-17(8-6-16)9-10-18-11-12-19-14-21(15-20(19)13-18)24-22(25)26-23(2,3)4/h5-13,21H,14-15H2,1-4H3,(H,24,25). The van der Waals surface area contributed by atoms with Gasteiger partial charge in [0, 0.05) is 6.04 Å².